The van der Waals surface area contributed by atoms with Crippen LogP contribution in [-0.4, -0.2) is 13.7 Å². The fourth-order valence-electron chi connectivity index (χ4n) is 1.36. The summed E-state index contributed by atoms with van der Waals surface area (Å²) in [6.07, 6.45) is 0.334. The molecule has 92 valence electrons. The highest BCUT2D eigenvalue weighted by Gasteiger charge is 2.17. The van der Waals surface area contributed by atoms with E-state index < -0.39 is 17.7 Å². The van der Waals surface area contributed by atoms with Crippen LogP contribution in [0.5, 0.6) is 5.75 Å². The van der Waals surface area contributed by atoms with Gasteiger partial charge in [0.1, 0.15) is 17.4 Å². The van der Waals surface area contributed by atoms with E-state index in [1.165, 1.54) is 7.11 Å². The van der Waals surface area contributed by atoms with Gasteiger partial charge in [-0.2, -0.15) is 0 Å². The second kappa shape index (κ2) is 6.62. The van der Waals surface area contributed by atoms with Crippen molar-refractivity contribution in [2.24, 2.45) is 11.5 Å². The summed E-state index contributed by atoms with van der Waals surface area (Å²) in [4.78, 5) is 0. The monoisotopic (exact) mass is 252 g/mol. The lowest BCUT2D eigenvalue weighted by Crippen LogP contribution is -2.18. The van der Waals surface area contributed by atoms with E-state index in [-0.39, 0.29) is 30.3 Å². The van der Waals surface area contributed by atoms with Gasteiger partial charge >= 0.3 is 0 Å². The minimum absolute atomic E-state index is 0. The summed E-state index contributed by atoms with van der Waals surface area (Å²) in [5.41, 5.74) is 10.7. The quantitative estimate of drug-likeness (QED) is 0.858. The average molecular weight is 253 g/mol. The lowest BCUT2D eigenvalue weighted by atomic mass is 10.0. The average Bonchev–Trinajstić information content (AvgIpc) is 2.16. The predicted octanol–water partition coefficient (Wildman–Crippen LogP) is 1.74. The molecule has 0 aromatic heterocycles. The zero-order valence-corrected chi connectivity index (χ0v) is 9.69. The van der Waals surface area contributed by atoms with Gasteiger partial charge in [-0.05, 0) is 13.0 Å². The molecule has 0 saturated heterocycles. The largest absolute Gasteiger partial charge is 0.497 e. The standard InChI is InChI=1S/C10H14F2N2O.ClH/c1-15-6-4-7(11)10(8(12)5-6)9(14)2-3-13;/h4-5,9H,2-3,13-14H2,1H3;1H/t9-;/m1./s1. The molecule has 1 aromatic carbocycles. The smallest absolute Gasteiger partial charge is 0.134 e. The molecule has 4 N–H and O–H groups in total. The SMILES string of the molecule is COc1cc(F)c([C@H](N)CCN)c(F)c1.Cl. The molecule has 3 nitrogen and oxygen atoms in total. The molecular formula is C10H15ClF2N2O. The lowest BCUT2D eigenvalue weighted by Gasteiger charge is -2.13. The second-order valence-electron chi connectivity index (χ2n) is 3.19. The fourth-order valence-corrected chi connectivity index (χ4v) is 1.36. The van der Waals surface area contributed by atoms with Gasteiger partial charge < -0.3 is 16.2 Å². The summed E-state index contributed by atoms with van der Waals surface area (Å²) in [6.45, 7) is 0.284. The van der Waals surface area contributed by atoms with Crippen LogP contribution in [0.15, 0.2) is 12.1 Å². The Morgan fingerprint density at radius 3 is 2.19 bits per heavy atom. The highest BCUT2D eigenvalue weighted by molar-refractivity contribution is 5.85. The Hall–Kier alpha value is -0.910. The maximum Gasteiger partial charge on any atom is 0.134 e. The van der Waals surface area contributed by atoms with Gasteiger partial charge in [0.2, 0.25) is 0 Å². The van der Waals surface area contributed by atoms with Crippen LogP contribution >= 0.6 is 12.4 Å². The molecular weight excluding hydrogens is 238 g/mol. The normalized spacial score (nSPS) is 11.8. The molecule has 16 heavy (non-hydrogen) atoms. The Bertz CT molecular complexity index is 327. The van der Waals surface area contributed by atoms with Crippen LogP contribution in [0, 0.1) is 11.6 Å². The first-order valence-corrected chi connectivity index (χ1v) is 4.58. The number of hydrogen-bond acceptors (Lipinski definition) is 3. The highest BCUT2D eigenvalue weighted by atomic mass is 35.5. The zero-order chi connectivity index (χ0) is 11.4. The van der Waals surface area contributed by atoms with Gasteiger partial charge in [-0.25, -0.2) is 8.78 Å². The summed E-state index contributed by atoms with van der Waals surface area (Å²) in [6, 6.07) is 1.49. The van der Waals surface area contributed by atoms with E-state index in [1.54, 1.807) is 0 Å². The number of benzene rings is 1. The number of halogens is 3. The third kappa shape index (κ3) is 3.30. The first-order chi connectivity index (χ1) is 7.10. The van der Waals surface area contributed by atoms with Crippen LogP contribution < -0.4 is 16.2 Å². The molecule has 0 saturated carbocycles. The third-order valence-corrected chi connectivity index (χ3v) is 2.14. The van der Waals surface area contributed by atoms with E-state index in [0.717, 1.165) is 12.1 Å². The Morgan fingerprint density at radius 1 is 1.31 bits per heavy atom. The van der Waals surface area contributed by atoms with E-state index in [1.807, 2.05) is 0 Å². The molecule has 1 rings (SSSR count). The molecule has 0 fully saturated rings. The summed E-state index contributed by atoms with van der Waals surface area (Å²) >= 11 is 0. The molecule has 6 heteroatoms. The Morgan fingerprint density at radius 2 is 1.81 bits per heavy atom. The van der Waals surface area contributed by atoms with Crippen LogP contribution in [0.25, 0.3) is 0 Å². The van der Waals surface area contributed by atoms with Crippen LogP contribution in [0.1, 0.15) is 18.0 Å². The van der Waals surface area contributed by atoms with E-state index >= 15 is 0 Å². The molecule has 1 aromatic rings. The Labute approximate surface area is 99.2 Å². The van der Waals surface area contributed by atoms with Crippen LogP contribution in [0.4, 0.5) is 8.78 Å². The number of nitrogens with two attached hydrogens (primary N) is 2. The first kappa shape index (κ1) is 15.1. The molecule has 0 bridgehead atoms. The van der Waals surface area contributed by atoms with Crippen molar-refractivity contribution >= 4 is 12.4 Å². The molecule has 0 unspecified atom stereocenters. The maximum absolute atomic E-state index is 13.4. The molecule has 0 heterocycles. The molecule has 0 aliphatic heterocycles. The van der Waals surface area contributed by atoms with E-state index in [2.05, 4.69) is 0 Å². The van der Waals surface area contributed by atoms with E-state index in [0.29, 0.717) is 6.42 Å². The Kier molecular flexibility index (Phi) is 6.25. The van der Waals surface area contributed by atoms with Gasteiger partial charge in [0.05, 0.1) is 7.11 Å². The molecule has 0 radical (unpaired) electrons. The minimum Gasteiger partial charge on any atom is -0.497 e. The molecule has 0 amide bonds. The number of rotatable bonds is 4. The van der Waals surface area contributed by atoms with Crippen molar-refractivity contribution in [1.82, 2.24) is 0 Å². The van der Waals surface area contributed by atoms with E-state index in [4.69, 9.17) is 16.2 Å². The predicted molar refractivity (Wildman–Crippen MR) is 60.8 cm³/mol. The second-order valence-corrected chi connectivity index (χ2v) is 3.19. The van der Waals surface area contributed by atoms with Crippen LogP contribution in [-0.2, 0) is 0 Å². The number of hydrogen-bond donors (Lipinski definition) is 2. The summed E-state index contributed by atoms with van der Waals surface area (Å²) in [5, 5.41) is 0. The molecule has 0 aliphatic carbocycles. The van der Waals surface area contributed by atoms with Crippen molar-refractivity contribution in [2.75, 3.05) is 13.7 Å². The van der Waals surface area contributed by atoms with Gasteiger partial charge in [0.15, 0.2) is 0 Å². The van der Waals surface area contributed by atoms with Gasteiger partial charge in [0.25, 0.3) is 0 Å². The topological polar surface area (TPSA) is 61.3 Å². The minimum atomic E-state index is -0.721. The molecule has 0 aliphatic rings. The first-order valence-electron chi connectivity index (χ1n) is 4.58. The van der Waals surface area contributed by atoms with Crippen molar-refractivity contribution in [1.29, 1.82) is 0 Å². The van der Waals surface area contributed by atoms with Crippen LogP contribution in [0.3, 0.4) is 0 Å². The van der Waals surface area contributed by atoms with Crippen molar-refractivity contribution in [2.45, 2.75) is 12.5 Å². The number of methoxy groups -OCH3 is 1. The zero-order valence-electron chi connectivity index (χ0n) is 8.87. The summed E-state index contributed by atoms with van der Waals surface area (Å²) in [7, 11) is 1.34. The van der Waals surface area contributed by atoms with Gasteiger partial charge in [-0.3, -0.25) is 0 Å². The third-order valence-electron chi connectivity index (χ3n) is 2.14. The van der Waals surface area contributed by atoms with Crippen LogP contribution in [0.2, 0.25) is 0 Å². The summed E-state index contributed by atoms with van der Waals surface area (Å²) < 4.78 is 31.6. The summed E-state index contributed by atoms with van der Waals surface area (Å²) in [5.74, 6) is -1.27. The number of ether oxygens (including phenoxy) is 1. The fraction of sp³-hybridized carbons (Fsp3) is 0.400. The maximum atomic E-state index is 13.4. The van der Waals surface area contributed by atoms with Crippen molar-refractivity contribution < 1.29 is 13.5 Å². The van der Waals surface area contributed by atoms with Crippen molar-refractivity contribution in [3.05, 3.63) is 29.3 Å². The van der Waals surface area contributed by atoms with Gasteiger partial charge in [0, 0.05) is 23.7 Å². The van der Waals surface area contributed by atoms with Gasteiger partial charge in [-0.1, -0.05) is 0 Å². The van der Waals surface area contributed by atoms with Crippen molar-refractivity contribution in [3.63, 3.8) is 0 Å². The molecule has 0 spiro atoms. The lowest BCUT2D eigenvalue weighted by molar-refractivity contribution is 0.403. The van der Waals surface area contributed by atoms with Gasteiger partial charge in [-0.15, -0.1) is 12.4 Å². The van der Waals surface area contributed by atoms with Crippen molar-refractivity contribution in [3.8, 4) is 5.75 Å². The Balaban J connectivity index is 0.00000225. The highest BCUT2D eigenvalue weighted by Crippen LogP contribution is 2.25. The molecule has 1 atom stereocenters. The van der Waals surface area contributed by atoms with E-state index in [9.17, 15) is 8.78 Å².